The first-order chi connectivity index (χ1) is 7.56. The summed E-state index contributed by atoms with van der Waals surface area (Å²) in [6.07, 6.45) is 2.24. The first kappa shape index (κ1) is 13.5. The van der Waals surface area contributed by atoms with Gasteiger partial charge in [-0.25, -0.2) is 0 Å². The van der Waals surface area contributed by atoms with Gasteiger partial charge >= 0.3 is 0 Å². The molecule has 94 valence electrons. The summed E-state index contributed by atoms with van der Waals surface area (Å²) in [7, 11) is 0. The Morgan fingerprint density at radius 1 is 1.44 bits per heavy atom. The van der Waals surface area contributed by atoms with Crippen LogP contribution in [0.3, 0.4) is 0 Å². The number of likely N-dealkylation sites (tertiary alicyclic amines) is 1. The zero-order valence-corrected chi connectivity index (χ0v) is 10.6. The van der Waals surface area contributed by atoms with Gasteiger partial charge in [0, 0.05) is 13.1 Å². The highest BCUT2D eigenvalue weighted by Gasteiger charge is 2.35. The molecule has 0 saturated carbocycles. The van der Waals surface area contributed by atoms with Crippen molar-refractivity contribution in [2.24, 2.45) is 0 Å². The Labute approximate surface area is 98.0 Å². The summed E-state index contributed by atoms with van der Waals surface area (Å²) in [4.78, 5) is 13.7. The number of carbonyl (C=O) groups is 1. The van der Waals surface area contributed by atoms with Crippen LogP contribution in [0.4, 0.5) is 0 Å². The fraction of sp³-hybridized carbons (Fsp3) is 0.917. The maximum Gasteiger partial charge on any atom is 0.239 e. The van der Waals surface area contributed by atoms with E-state index < -0.39 is 5.60 Å². The number of hydrogen-bond acceptors (Lipinski definition) is 3. The van der Waals surface area contributed by atoms with Gasteiger partial charge in [0.05, 0.1) is 11.6 Å². The third-order valence-corrected chi connectivity index (χ3v) is 3.55. The van der Waals surface area contributed by atoms with E-state index in [0.29, 0.717) is 19.4 Å². The van der Waals surface area contributed by atoms with Crippen molar-refractivity contribution in [3.8, 4) is 0 Å². The maximum atomic E-state index is 12.0. The molecule has 0 radical (unpaired) electrons. The van der Waals surface area contributed by atoms with Crippen LogP contribution in [0.25, 0.3) is 0 Å². The predicted molar refractivity (Wildman–Crippen MR) is 64.2 cm³/mol. The van der Waals surface area contributed by atoms with Crippen LogP contribution in [0.2, 0.25) is 0 Å². The van der Waals surface area contributed by atoms with E-state index in [1.54, 1.807) is 4.90 Å². The number of amides is 1. The molecule has 16 heavy (non-hydrogen) atoms. The van der Waals surface area contributed by atoms with Crippen LogP contribution in [-0.4, -0.2) is 47.2 Å². The summed E-state index contributed by atoms with van der Waals surface area (Å²) in [5.41, 5.74) is -0.712. The number of likely N-dealkylation sites (N-methyl/N-ethyl adjacent to an activating group) is 1. The Bertz CT molecular complexity index is 239. The van der Waals surface area contributed by atoms with E-state index in [9.17, 15) is 9.90 Å². The monoisotopic (exact) mass is 228 g/mol. The van der Waals surface area contributed by atoms with Crippen molar-refractivity contribution in [3.05, 3.63) is 0 Å². The van der Waals surface area contributed by atoms with Crippen LogP contribution in [0.1, 0.15) is 40.0 Å². The molecule has 0 aromatic rings. The SMILES string of the molecule is CCNC1CCN(CC(O)(CC)CC)C1=O. The average Bonchev–Trinajstić information content (AvgIpc) is 2.62. The molecule has 1 rings (SSSR count). The number of nitrogens with one attached hydrogen (secondary N) is 1. The lowest BCUT2D eigenvalue weighted by atomic mass is 9.97. The van der Waals surface area contributed by atoms with Gasteiger partial charge in [0.25, 0.3) is 0 Å². The minimum atomic E-state index is -0.712. The number of hydrogen-bond donors (Lipinski definition) is 2. The molecule has 1 amide bonds. The van der Waals surface area contributed by atoms with E-state index in [4.69, 9.17) is 0 Å². The van der Waals surface area contributed by atoms with Crippen molar-refractivity contribution in [2.45, 2.75) is 51.7 Å². The molecule has 1 heterocycles. The van der Waals surface area contributed by atoms with E-state index in [2.05, 4.69) is 5.32 Å². The van der Waals surface area contributed by atoms with Crippen LogP contribution >= 0.6 is 0 Å². The van der Waals surface area contributed by atoms with Gasteiger partial charge in [-0.2, -0.15) is 0 Å². The molecule has 4 nitrogen and oxygen atoms in total. The topological polar surface area (TPSA) is 52.6 Å². The van der Waals surface area contributed by atoms with Crippen molar-refractivity contribution in [1.82, 2.24) is 10.2 Å². The molecule has 1 saturated heterocycles. The quantitative estimate of drug-likeness (QED) is 0.705. The summed E-state index contributed by atoms with van der Waals surface area (Å²) in [6, 6.07) is -0.0389. The first-order valence-corrected chi connectivity index (χ1v) is 6.30. The highest BCUT2D eigenvalue weighted by Crippen LogP contribution is 2.20. The number of rotatable bonds is 6. The van der Waals surface area contributed by atoms with Gasteiger partial charge in [0.15, 0.2) is 0 Å². The molecular weight excluding hydrogens is 204 g/mol. The zero-order valence-electron chi connectivity index (χ0n) is 10.6. The molecule has 0 bridgehead atoms. The van der Waals surface area contributed by atoms with E-state index in [1.165, 1.54) is 0 Å². The van der Waals surface area contributed by atoms with Gasteiger partial charge in [0.2, 0.25) is 5.91 Å². The van der Waals surface area contributed by atoms with Crippen molar-refractivity contribution in [3.63, 3.8) is 0 Å². The second kappa shape index (κ2) is 5.64. The van der Waals surface area contributed by atoms with E-state index in [0.717, 1.165) is 19.5 Å². The lowest BCUT2D eigenvalue weighted by molar-refractivity contribution is -0.132. The summed E-state index contributed by atoms with van der Waals surface area (Å²) >= 11 is 0. The predicted octanol–water partition coefficient (Wildman–Crippen LogP) is 0.748. The fourth-order valence-electron chi connectivity index (χ4n) is 2.16. The zero-order chi connectivity index (χ0) is 12.2. The minimum Gasteiger partial charge on any atom is -0.388 e. The number of β-amino-alcohol motifs (C(OH)–C–C–N with tert-alkyl or cyclic N) is 1. The minimum absolute atomic E-state index is 0.0389. The highest BCUT2D eigenvalue weighted by molar-refractivity contribution is 5.84. The Hall–Kier alpha value is -0.610. The normalized spacial score (nSPS) is 21.9. The molecule has 1 unspecified atom stereocenters. The van der Waals surface area contributed by atoms with Crippen molar-refractivity contribution < 1.29 is 9.90 Å². The lowest BCUT2D eigenvalue weighted by Gasteiger charge is -2.30. The number of nitrogens with zero attached hydrogens (tertiary/aromatic N) is 1. The average molecular weight is 228 g/mol. The van der Waals surface area contributed by atoms with E-state index >= 15 is 0 Å². The molecule has 1 fully saturated rings. The third-order valence-electron chi connectivity index (χ3n) is 3.55. The molecule has 0 aliphatic carbocycles. The smallest absolute Gasteiger partial charge is 0.239 e. The molecule has 1 aliphatic rings. The molecule has 0 spiro atoms. The molecule has 0 aromatic carbocycles. The highest BCUT2D eigenvalue weighted by atomic mass is 16.3. The maximum absolute atomic E-state index is 12.0. The first-order valence-electron chi connectivity index (χ1n) is 6.30. The molecule has 2 N–H and O–H groups in total. The largest absolute Gasteiger partial charge is 0.388 e. The van der Waals surface area contributed by atoms with Crippen LogP contribution in [0, 0.1) is 0 Å². The van der Waals surface area contributed by atoms with Crippen molar-refractivity contribution >= 4 is 5.91 Å². The van der Waals surface area contributed by atoms with Gasteiger partial charge in [-0.15, -0.1) is 0 Å². The lowest BCUT2D eigenvalue weighted by Crippen LogP contribution is -2.46. The number of aliphatic hydroxyl groups is 1. The molecule has 1 aliphatic heterocycles. The van der Waals surface area contributed by atoms with E-state index in [1.807, 2.05) is 20.8 Å². The summed E-state index contributed by atoms with van der Waals surface area (Å²) < 4.78 is 0. The van der Waals surface area contributed by atoms with Gasteiger partial charge in [0.1, 0.15) is 0 Å². The van der Waals surface area contributed by atoms with Crippen LogP contribution in [0.5, 0.6) is 0 Å². The summed E-state index contributed by atoms with van der Waals surface area (Å²) in [5.74, 6) is 0.141. The van der Waals surface area contributed by atoms with Crippen molar-refractivity contribution in [1.29, 1.82) is 0 Å². The van der Waals surface area contributed by atoms with Gasteiger partial charge in [-0.3, -0.25) is 4.79 Å². The Morgan fingerprint density at radius 3 is 2.56 bits per heavy atom. The molecular formula is C12H24N2O2. The second-order valence-electron chi connectivity index (χ2n) is 4.59. The van der Waals surface area contributed by atoms with E-state index in [-0.39, 0.29) is 11.9 Å². The summed E-state index contributed by atoms with van der Waals surface area (Å²) in [6.45, 7) is 7.98. The van der Waals surface area contributed by atoms with Gasteiger partial charge in [-0.05, 0) is 25.8 Å². The second-order valence-corrected chi connectivity index (χ2v) is 4.59. The van der Waals surface area contributed by atoms with Crippen LogP contribution in [0.15, 0.2) is 0 Å². The fourth-order valence-corrected chi connectivity index (χ4v) is 2.16. The summed E-state index contributed by atoms with van der Waals surface area (Å²) in [5, 5.41) is 13.4. The van der Waals surface area contributed by atoms with Crippen LogP contribution in [-0.2, 0) is 4.79 Å². The Kier molecular flexibility index (Phi) is 4.74. The third kappa shape index (κ3) is 2.95. The standard InChI is InChI=1S/C12H24N2O2/c1-4-12(16,5-2)9-14-8-7-10(11(14)15)13-6-3/h10,13,16H,4-9H2,1-3H3. The van der Waals surface area contributed by atoms with Crippen LogP contribution < -0.4 is 5.32 Å². The molecule has 0 aromatic heterocycles. The van der Waals surface area contributed by atoms with Crippen molar-refractivity contribution in [2.75, 3.05) is 19.6 Å². The van der Waals surface area contributed by atoms with Gasteiger partial charge < -0.3 is 15.3 Å². The van der Waals surface area contributed by atoms with Gasteiger partial charge in [-0.1, -0.05) is 20.8 Å². The molecule has 4 heteroatoms. The molecule has 1 atom stereocenters. The Balaban J connectivity index is 2.54. The number of carbonyl (C=O) groups excluding carboxylic acids is 1. The Morgan fingerprint density at radius 2 is 2.06 bits per heavy atom.